The monoisotopic (exact) mass is 390 g/mol. The normalized spacial score (nSPS) is 21.9. The van der Waals surface area contributed by atoms with Gasteiger partial charge in [0.2, 0.25) is 0 Å². The SMILES string of the molecule is O=C(O)O[C@@H]1CCCC[C@H]1c1ccc(Cn2c(C3CC3)nc3ccccc32)cc1. The molecule has 2 atom stereocenters. The maximum absolute atomic E-state index is 11.0. The van der Waals surface area contributed by atoms with Gasteiger partial charge in [-0.25, -0.2) is 9.78 Å². The molecule has 0 amide bonds. The summed E-state index contributed by atoms with van der Waals surface area (Å²) in [6, 6.07) is 17.0. The lowest BCUT2D eigenvalue weighted by Gasteiger charge is -2.30. The molecule has 3 aromatic rings. The Morgan fingerprint density at radius 2 is 1.79 bits per heavy atom. The second kappa shape index (κ2) is 7.54. The lowest BCUT2D eigenvalue weighted by Crippen LogP contribution is -2.28. The van der Waals surface area contributed by atoms with Crippen LogP contribution in [0.5, 0.6) is 0 Å². The van der Waals surface area contributed by atoms with Crippen molar-refractivity contribution in [1.82, 2.24) is 9.55 Å². The van der Waals surface area contributed by atoms with Gasteiger partial charge in [-0.1, -0.05) is 42.8 Å². The van der Waals surface area contributed by atoms with E-state index in [9.17, 15) is 4.79 Å². The number of carbonyl (C=O) groups is 1. The Hall–Kier alpha value is -2.82. The Kier molecular flexibility index (Phi) is 4.74. The van der Waals surface area contributed by atoms with E-state index in [-0.39, 0.29) is 12.0 Å². The van der Waals surface area contributed by atoms with E-state index in [0.717, 1.165) is 37.7 Å². The van der Waals surface area contributed by atoms with E-state index in [1.54, 1.807) is 0 Å². The summed E-state index contributed by atoms with van der Waals surface area (Å²) >= 11 is 0. The highest BCUT2D eigenvalue weighted by Crippen LogP contribution is 2.41. The Balaban J connectivity index is 1.39. The maximum atomic E-state index is 11.0. The first-order valence-electron chi connectivity index (χ1n) is 10.6. The number of hydrogen-bond donors (Lipinski definition) is 1. The van der Waals surface area contributed by atoms with Gasteiger partial charge in [-0.15, -0.1) is 0 Å². The van der Waals surface area contributed by atoms with Crippen LogP contribution in [0, 0.1) is 0 Å². The van der Waals surface area contributed by atoms with Crippen molar-refractivity contribution in [2.24, 2.45) is 0 Å². The van der Waals surface area contributed by atoms with Crippen molar-refractivity contribution in [3.8, 4) is 0 Å². The Morgan fingerprint density at radius 3 is 2.55 bits per heavy atom. The van der Waals surface area contributed by atoms with Gasteiger partial charge in [-0.2, -0.15) is 0 Å². The van der Waals surface area contributed by atoms with Gasteiger partial charge in [-0.3, -0.25) is 0 Å². The highest BCUT2D eigenvalue weighted by atomic mass is 16.7. The van der Waals surface area contributed by atoms with Crippen molar-refractivity contribution >= 4 is 17.2 Å². The van der Waals surface area contributed by atoms with Crippen LogP contribution in [0.25, 0.3) is 11.0 Å². The molecule has 150 valence electrons. The molecule has 0 spiro atoms. The highest BCUT2D eigenvalue weighted by molar-refractivity contribution is 5.76. The number of carboxylic acid groups (broad SMARTS) is 1. The fraction of sp³-hybridized carbons (Fsp3) is 0.417. The smallest absolute Gasteiger partial charge is 0.450 e. The molecule has 0 radical (unpaired) electrons. The lowest BCUT2D eigenvalue weighted by molar-refractivity contribution is 0.0249. The van der Waals surface area contributed by atoms with E-state index in [2.05, 4.69) is 47.0 Å². The fourth-order valence-corrected chi connectivity index (χ4v) is 4.72. The molecule has 2 aliphatic rings. The van der Waals surface area contributed by atoms with Crippen LogP contribution in [0.1, 0.15) is 67.3 Å². The lowest BCUT2D eigenvalue weighted by atomic mass is 9.81. The minimum Gasteiger partial charge on any atom is -0.450 e. The predicted molar refractivity (Wildman–Crippen MR) is 111 cm³/mol. The summed E-state index contributed by atoms with van der Waals surface area (Å²) in [5.41, 5.74) is 4.69. The molecule has 2 aliphatic carbocycles. The van der Waals surface area contributed by atoms with Crippen LogP contribution in [0.4, 0.5) is 4.79 Å². The quantitative estimate of drug-likeness (QED) is 0.569. The molecule has 2 fully saturated rings. The van der Waals surface area contributed by atoms with Gasteiger partial charge < -0.3 is 14.4 Å². The number of imidazole rings is 1. The van der Waals surface area contributed by atoms with E-state index >= 15 is 0 Å². The van der Waals surface area contributed by atoms with Gasteiger partial charge in [0, 0.05) is 18.4 Å². The fourth-order valence-electron chi connectivity index (χ4n) is 4.72. The molecule has 1 aromatic heterocycles. The van der Waals surface area contributed by atoms with Crippen molar-refractivity contribution in [3.63, 3.8) is 0 Å². The molecular weight excluding hydrogens is 364 g/mol. The molecule has 0 aliphatic heterocycles. The summed E-state index contributed by atoms with van der Waals surface area (Å²) in [7, 11) is 0. The number of aromatic nitrogens is 2. The second-order valence-electron chi connectivity index (χ2n) is 8.37. The van der Waals surface area contributed by atoms with Crippen LogP contribution < -0.4 is 0 Å². The number of ether oxygens (including phenoxy) is 1. The van der Waals surface area contributed by atoms with Crippen LogP contribution in [0.3, 0.4) is 0 Å². The topological polar surface area (TPSA) is 64.3 Å². The summed E-state index contributed by atoms with van der Waals surface area (Å²) in [6.45, 7) is 0.812. The highest BCUT2D eigenvalue weighted by Gasteiger charge is 2.31. The second-order valence-corrected chi connectivity index (χ2v) is 8.37. The van der Waals surface area contributed by atoms with Gasteiger partial charge in [0.05, 0.1) is 11.0 Å². The van der Waals surface area contributed by atoms with Gasteiger partial charge in [0.1, 0.15) is 11.9 Å². The predicted octanol–water partition coefficient (Wildman–Crippen LogP) is 5.68. The Labute approximate surface area is 170 Å². The Bertz CT molecular complexity index is 1020. The third kappa shape index (κ3) is 3.74. The molecular formula is C24H26N2O3. The molecule has 0 unspecified atom stereocenters. The van der Waals surface area contributed by atoms with E-state index in [1.807, 2.05) is 6.07 Å². The number of para-hydroxylation sites is 2. The van der Waals surface area contributed by atoms with Crippen molar-refractivity contribution in [1.29, 1.82) is 0 Å². The van der Waals surface area contributed by atoms with E-state index < -0.39 is 6.16 Å². The van der Waals surface area contributed by atoms with Crippen LogP contribution in [0.15, 0.2) is 48.5 Å². The summed E-state index contributed by atoms with van der Waals surface area (Å²) < 4.78 is 7.54. The number of nitrogens with zero attached hydrogens (tertiary/aromatic N) is 2. The third-order valence-electron chi connectivity index (χ3n) is 6.33. The molecule has 1 N–H and O–H groups in total. The minimum absolute atomic E-state index is 0.157. The maximum Gasteiger partial charge on any atom is 0.506 e. The van der Waals surface area contributed by atoms with E-state index in [0.29, 0.717) is 5.92 Å². The van der Waals surface area contributed by atoms with Crippen LogP contribution in [-0.2, 0) is 11.3 Å². The van der Waals surface area contributed by atoms with Crippen LogP contribution >= 0.6 is 0 Å². The molecule has 0 saturated heterocycles. The van der Waals surface area contributed by atoms with E-state index in [4.69, 9.17) is 14.8 Å². The molecule has 1 heterocycles. The van der Waals surface area contributed by atoms with Gasteiger partial charge in [0.25, 0.3) is 0 Å². The molecule has 2 saturated carbocycles. The van der Waals surface area contributed by atoms with Crippen molar-refractivity contribution in [3.05, 3.63) is 65.5 Å². The molecule has 5 nitrogen and oxygen atoms in total. The summed E-state index contributed by atoms with van der Waals surface area (Å²) in [6.07, 6.45) is 5.01. The first-order chi connectivity index (χ1) is 14.2. The first kappa shape index (κ1) is 18.2. The minimum atomic E-state index is -1.17. The van der Waals surface area contributed by atoms with Gasteiger partial charge in [0.15, 0.2) is 0 Å². The number of fused-ring (bicyclic) bond motifs is 1. The zero-order valence-electron chi connectivity index (χ0n) is 16.5. The van der Waals surface area contributed by atoms with Crippen LogP contribution in [0.2, 0.25) is 0 Å². The largest absolute Gasteiger partial charge is 0.506 e. The molecule has 2 aromatic carbocycles. The molecule has 5 heteroatoms. The zero-order chi connectivity index (χ0) is 19.8. The summed E-state index contributed by atoms with van der Waals surface area (Å²) in [4.78, 5) is 15.9. The molecule has 5 rings (SSSR count). The number of benzene rings is 2. The van der Waals surface area contributed by atoms with Gasteiger partial charge >= 0.3 is 6.16 Å². The third-order valence-corrected chi connectivity index (χ3v) is 6.33. The average molecular weight is 390 g/mol. The summed E-state index contributed by atoms with van der Waals surface area (Å²) in [5, 5.41) is 9.05. The van der Waals surface area contributed by atoms with Crippen molar-refractivity contribution in [2.75, 3.05) is 0 Å². The first-order valence-corrected chi connectivity index (χ1v) is 10.6. The standard InChI is InChI=1S/C24H26N2O3/c27-24(28)29-22-8-4-1-5-19(22)17-11-9-16(10-12-17)15-26-21-7-3-2-6-20(21)25-23(26)18-13-14-18/h2-3,6-7,9-12,18-19,22H,1,4-5,8,13-15H2,(H,27,28)/t19-,22+/m0/s1. The molecule has 0 bridgehead atoms. The summed E-state index contributed by atoms with van der Waals surface area (Å²) in [5.74, 6) is 1.96. The zero-order valence-corrected chi connectivity index (χ0v) is 16.5. The Morgan fingerprint density at radius 1 is 1.03 bits per heavy atom. The van der Waals surface area contributed by atoms with E-state index in [1.165, 1.54) is 35.3 Å². The van der Waals surface area contributed by atoms with Gasteiger partial charge in [-0.05, 0) is 55.4 Å². The number of rotatable bonds is 5. The molecule has 29 heavy (non-hydrogen) atoms. The average Bonchev–Trinajstić information content (AvgIpc) is 3.51. The van der Waals surface area contributed by atoms with Crippen molar-refractivity contribution in [2.45, 2.75) is 63.0 Å². The number of hydrogen-bond acceptors (Lipinski definition) is 3. The van der Waals surface area contributed by atoms with Crippen molar-refractivity contribution < 1.29 is 14.6 Å². The van der Waals surface area contributed by atoms with Crippen LogP contribution in [-0.4, -0.2) is 26.9 Å².